The normalized spacial score (nSPS) is 18.8. The Morgan fingerprint density at radius 2 is 2.13 bits per heavy atom. The van der Waals surface area contributed by atoms with Gasteiger partial charge in [0.1, 0.15) is 12.2 Å². The van der Waals surface area contributed by atoms with Crippen LogP contribution in [-0.4, -0.2) is 53.5 Å². The van der Waals surface area contributed by atoms with Crippen LogP contribution in [0.2, 0.25) is 0 Å². The van der Waals surface area contributed by atoms with Crippen LogP contribution >= 0.6 is 0 Å². The molecule has 1 fully saturated rings. The van der Waals surface area contributed by atoms with Crippen molar-refractivity contribution in [3.63, 3.8) is 0 Å². The van der Waals surface area contributed by atoms with Gasteiger partial charge < -0.3 is 16.0 Å². The van der Waals surface area contributed by atoms with Crippen LogP contribution in [0.5, 0.6) is 0 Å². The molecule has 0 spiro atoms. The number of likely N-dealkylation sites (tertiary alicyclic amines) is 1. The van der Waals surface area contributed by atoms with E-state index in [1.54, 1.807) is 13.0 Å². The summed E-state index contributed by atoms with van der Waals surface area (Å²) >= 11 is 0. The number of alkyl halides is 1. The number of nitrogens with zero attached hydrogens (tertiary/aromatic N) is 2. The number of aryl methyl sites for hydroxylation is 3. The van der Waals surface area contributed by atoms with Crippen LogP contribution < -0.4 is 11.1 Å². The van der Waals surface area contributed by atoms with E-state index in [-0.39, 0.29) is 24.9 Å². The molecule has 126 valence electrons. The average Bonchev–Trinajstić information content (AvgIpc) is 2.93. The number of carbonyl (C=O) groups excluding carboxylic acids is 2. The summed E-state index contributed by atoms with van der Waals surface area (Å²) in [4.78, 5) is 30.0. The molecule has 0 saturated carbocycles. The van der Waals surface area contributed by atoms with Gasteiger partial charge in [-0.05, 0) is 38.8 Å². The first-order chi connectivity index (χ1) is 10.8. The number of hydrogen-bond donors (Lipinski definition) is 2. The predicted octanol–water partition coefficient (Wildman–Crippen LogP) is 0.634. The lowest BCUT2D eigenvalue weighted by Gasteiger charge is -2.20. The maximum Gasteiger partial charge on any atom is 0.253 e. The Labute approximate surface area is 135 Å². The summed E-state index contributed by atoms with van der Waals surface area (Å²) in [6.45, 7) is 6.00. The molecule has 0 radical (unpaired) electrons. The van der Waals surface area contributed by atoms with E-state index in [0.29, 0.717) is 24.2 Å². The fourth-order valence-corrected chi connectivity index (χ4v) is 2.59. The molecular weight excluding hydrogens is 299 g/mol. The van der Waals surface area contributed by atoms with Crippen LogP contribution in [0.3, 0.4) is 0 Å². The van der Waals surface area contributed by atoms with Gasteiger partial charge in [0.25, 0.3) is 5.91 Å². The summed E-state index contributed by atoms with van der Waals surface area (Å²) in [5, 5.41) is 2.66. The summed E-state index contributed by atoms with van der Waals surface area (Å²) in [6.07, 6.45) is -0.636. The van der Waals surface area contributed by atoms with Gasteiger partial charge in [-0.2, -0.15) is 0 Å². The maximum atomic E-state index is 13.1. The number of hydrogen-bond acceptors (Lipinski definition) is 4. The summed E-state index contributed by atoms with van der Waals surface area (Å²) in [5.74, 6) is -0.647. The molecule has 2 heterocycles. The number of rotatable bonds is 4. The van der Waals surface area contributed by atoms with Gasteiger partial charge >= 0.3 is 0 Å². The summed E-state index contributed by atoms with van der Waals surface area (Å²) in [6, 6.07) is 0.901. The number of halogens is 1. The molecule has 0 bridgehead atoms. The molecule has 1 aliphatic rings. The summed E-state index contributed by atoms with van der Waals surface area (Å²) in [7, 11) is 0. The first-order valence-electron chi connectivity index (χ1n) is 7.71. The fraction of sp³-hybridized carbons (Fsp3) is 0.562. The van der Waals surface area contributed by atoms with Gasteiger partial charge in [-0.15, -0.1) is 0 Å². The lowest BCUT2D eigenvalue weighted by Crippen LogP contribution is -2.49. The maximum absolute atomic E-state index is 13.1. The Morgan fingerprint density at radius 1 is 1.43 bits per heavy atom. The molecular formula is C16H23FN4O2. The Balaban J connectivity index is 1.93. The van der Waals surface area contributed by atoms with E-state index in [1.165, 1.54) is 4.90 Å². The molecule has 2 amide bonds. The highest BCUT2D eigenvalue weighted by molar-refractivity contribution is 5.96. The van der Waals surface area contributed by atoms with E-state index in [1.807, 2.05) is 13.8 Å². The van der Waals surface area contributed by atoms with Gasteiger partial charge in [0, 0.05) is 18.8 Å². The molecule has 1 unspecified atom stereocenters. The summed E-state index contributed by atoms with van der Waals surface area (Å²) in [5.41, 5.74) is 8.72. The molecule has 2 atom stereocenters. The first kappa shape index (κ1) is 17.3. The highest BCUT2D eigenvalue weighted by Gasteiger charge is 2.29. The Bertz CT molecular complexity index is 620. The predicted molar refractivity (Wildman–Crippen MR) is 84.8 cm³/mol. The Hall–Kier alpha value is -2.02. The van der Waals surface area contributed by atoms with Gasteiger partial charge in [0.15, 0.2) is 0 Å². The molecule has 2 rings (SSSR count). The zero-order valence-corrected chi connectivity index (χ0v) is 13.7. The molecule has 1 saturated heterocycles. The van der Waals surface area contributed by atoms with Crippen molar-refractivity contribution in [3.8, 4) is 0 Å². The van der Waals surface area contributed by atoms with Crippen molar-refractivity contribution in [2.24, 2.45) is 5.73 Å². The quantitative estimate of drug-likeness (QED) is 0.851. The second kappa shape index (κ2) is 7.04. The number of amides is 2. The van der Waals surface area contributed by atoms with Gasteiger partial charge in [-0.1, -0.05) is 0 Å². The standard InChI is InChI=1S/C16H23FN4O2/c1-9-6-13(11(3)20-10(9)2)15(22)19-7-14(18)16(23)21-5-4-12(17)8-21/h6,12,14H,4-5,7-8,18H2,1-3H3,(H,19,22)/t12?,14-/m0/s1. The largest absolute Gasteiger partial charge is 0.350 e. The zero-order valence-electron chi connectivity index (χ0n) is 13.7. The molecule has 0 aromatic carbocycles. The minimum absolute atomic E-state index is 0.0114. The average molecular weight is 322 g/mol. The van der Waals surface area contributed by atoms with Crippen molar-refractivity contribution in [3.05, 3.63) is 28.6 Å². The third-order valence-electron chi connectivity index (χ3n) is 4.14. The van der Waals surface area contributed by atoms with Gasteiger partial charge in [0.05, 0.1) is 17.8 Å². The molecule has 6 nitrogen and oxygen atoms in total. The molecule has 0 aliphatic carbocycles. The van der Waals surface area contributed by atoms with Gasteiger partial charge in [-0.3, -0.25) is 14.6 Å². The molecule has 23 heavy (non-hydrogen) atoms. The lowest BCUT2D eigenvalue weighted by molar-refractivity contribution is -0.131. The van der Waals surface area contributed by atoms with Crippen molar-refractivity contribution in [2.45, 2.75) is 39.4 Å². The van der Waals surface area contributed by atoms with Crippen LogP contribution in [0.25, 0.3) is 0 Å². The highest BCUT2D eigenvalue weighted by atomic mass is 19.1. The van der Waals surface area contributed by atoms with Crippen molar-refractivity contribution in [2.75, 3.05) is 19.6 Å². The van der Waals surface area contributed by atoms with Crippen molar-refractivity contribution >= 4 is 11.8 Å². The summed E-state index contributed by atoms with van der Waals surface area (Å²) < 4.78 is 13.1. The van der Waals surface area contributed by atoms with Crippen LogP contribution in [-0.2, 0) is 4.79 Å². The number of nitrogens with one attached hydrogen (secondary N) is 1. The third-order valence-corrected chi connectivity index (χ3v) is 4.14. The monoisotopic (exact) mass is 322 g/mol. The second-order valence-corrected chi connectivity index (χ2v) is 6.01. The van der Waals surface area contributed by atoms with E-state index in [4.69, 9.17) is 5.73 Å². The lowest BCUT2D eigenvalue weighted by atomic mass is 10.1. The van der Waals surface area contributed by atoms with Gasteiger partial charge in [0.2, 0.25) is 5.91 Å². The number of pyridine rings is 1. The number of nitrogens with two attached hydrogens (primary N) is 1. The van der Waals surface area contributed by atoms with Crippen LogP contribution in [0, 0.1) is 20.8 Å². The van der Waals surface area contributed by atoms with Crippen LogP contribution in [0.15, 0.2) is 6.07 Å². The first-order valence-corrected chi connectivity index (χ1v) is 7.71. The van der Waals surface area contributed by atoms with E-state index >= 15 is 0 Å². The van der Waals surface area contributed by atoms with E-state index in [0.717, 1.165) is 11.3 Å². The smallest absolute Gasteiger partial charge is 0.253 e. The molecule has 3 N–H and O–H groups in total. The van der Waals surface area contributed by atoms with Crippen LogP contribution in [0.1, 0.15) is 33.7 Å². The Morgan fingerprint density at radius 3 is 2.74 bits per heavy atom. The van der Waals surface area contributed by atoms with E-state index in [9.17, 15) is 14.0 Å². The Kier molecular flexibility index (Phi) is 5.30. The van der Waals surface area contributed by atoms with E-state index in [2.05, 4.69) is 10.3 Å². The topological polar surface area (TPSA) is 88.3 Å². The number of aromatic nitrogens is 1. The van der Waals surface area contributed by atoms with Crippen molar-refractivity contribution in [1.29, 1.82) is 0 Å². The zero-order chi connectivity index (χ0) is 17.1. The van der Waals surface area contributed by atoms with Crippen molar-refractivity contribution < 1.29 is 14.0 Å². The minimum atomic E-state index is -0.981. The SMILES string of the molecule is Cc1cc(C(=O)NC[C@H](N)C(=O)N2CCC(F)C2)c(C)nc1C. The van der Waals surface area contributed by atoms with E-state index < -0.39 is 12.2 Å². The van der Waals surface area contributed by atoms with Crippen LogP contribution in [0.4, 0.5) is 4.39 Å². The van der Waals surface area contributed by atoms with Crippen molar-refractivity contribution in [1.82, 2.24) is 15.2 Å². The molecule has 1 aromatic heterocycles. The molecule has 7 heteroatoms. The molecule has 1 aromatic rings. The van der Waals surface area contributed by atoms with Gasteiger partial charge in [-0.25, -0.2) is 4.39 Å². The second-order valence-electron chi connectivity index (χ2n) is 6.01. The third kappa shape index (κ3) is 4.04. The molecule has 1 aliphatic heterocycles. The highest BCUT2D eigenvalue weighted by Crippen LogP contribution is 2.13. The number of carbonyl (C=O) groups is 2. The fourth-order valence-electron chi connectivity index (χ4n) is 2.59. The minimum Gasteiger partial charge on any atom is -0.350 e.